The summed E-state index contributed by atoms with van der Waals surface area (Å²) in [6.45, 7) is 0. The molecular formula is C17H17ClO. The third-order valence-electron chi connectivity index (χ3n) is 3.72. The highest BCUT2D eigenvalue weighted by Crippen LogP contribution is 2.40. The van der Waals surface area contributed by atoms with E-state index in [2.05, 4.69) is 12.1 Å². The number of hydrogen-bond donors (Lipinski definition) is 1. The van der Waals surface area contributed by atoms with Gasteiger partial charge in [0.15, 0.2) is 0 Å². The highest BCUT2D eigenvalue weighted by atomic mass is 35.5. The van der Waals surface area contributed by atoms with Crippen LogP contribution in [0.1, 0.15) is 41.6 Å². The fourth-order valence-electron chi connectivity index (χ4n) is 2.43. The first-order valence-electron chi connectivity index (χ1n) is 6.75. The highest BCUT2D eigenvalue weighted by molar-refractivity contribution is 6.31. The lowest BCUT2D eigenvalue weighted by Crippen LogP contribution is -2.02. The van der Waals surface area contributed by atoms with Gasteiger partial charge >= 0.3 is 0 Å². The molecule has 1 nitrogen and oxygen atoms in total. The number of rotatable bonds is 4. The van der Waals surface area contributed by atoms with Gasteiger partial charge < -0.3 is 5.11 Å². The smallest absolute Gasteiger partial charge is 0.0831 e. The van der Waals surface area contributed by atoms with Crippen LogP contribution in [0.15, 0.2) is 48.5 Å². The molecule has 1 atom stereocenters. The summed E-state index contributed by atoms with van der Waals surface area (Å²) in [4.78, 5) is 0. The van der Waals surface area contributed by atoms with Gasteiger partial charge in [0, 0.05) is 11.4 Å². The van der Waals surface area contributed by atoms with Crippen molar-refractivity contribution in [3.63, 3.8) is 0 Å². The minimum absolute atomic E-state index is 0.487. The van der Waals surface area contributed by atoms with Crippen molar-refractivity contribution in [2.24, 2.45) is 0 Å². The quantitative estimate of drug-likeness (QED) is 0.869. The van der Waals surface area contributed by atoms with E-state index in [0.29, 0.717) is 12.3 Å². The minimum atomic E-state index is -0.487. The molecule has 0 bridgehead atoms. The van der Waals surface area contributed by atoms with E-state index in [1.54, 1.807) is 0 Å². The molecule has 0 radical (unpaired) electrons. The van der Waals surface area contributed by atoms with Crippen LogP contribution in [-0.2, 0) is 6.42 Å². The fraction of sp³-hybridized carbons (Fsp3) is 0.294. The summed E-state index contributed by atoms with van der Waals surface area (Å²) in [7, 11) is 0. The Morgan fingerprint density at radius 2 is 1.89 bits per heavy atom. The molecule has 2 aromatic rings. The molecule has 0 aliphatic heterocycles. The maximum atomic E-state index is 10.4. The van der Waals surface area contributed by atoms with Crippen LogP contribution in [0.25, 0.3) is 0 Å². The minimum Gasteiger partial charge on any atom is -0.388 e. The molecular weight excluding hydrogens is 256 g/mol. The van der Waals surface area contributed by atoms with Gasteiger partial charge in [0.2, 0.25) is 0 Å². The average Bonchev–Trinajstić information content (AvgIpc) is 3.26. The predicted molar refractivity (Wildman–Crippen MR) is 78.5 cm³/mol. The molecule has 19 heavy (non-hydrogen) atoms. The Bertz CT molecular complexity index is 575. The first kappa shape index (κ1) is 12.7. The summed E-state index contributed by atoms with van der Waals surface area (Å²) in [6, 6.07) is 16.0. The summed E-state index contributed by atoms with van der Waals surface area (Å²) in [5, 5.41) is 11.1. The monoisotopic (exact) mass is 272 g/mol. The second kappa shape index (κ2) is 5.36. The molecule has 0 amide bonds. The molecule has 0 heterocycles. The molecule has 1 N–H and O–H groups in total. The zero-order valence-electron chi connectivity index (χ0n) is 10.7. The molecule has 1 fully saturated rings. The number of benzene rings is 2. The van der Waals surface area contributed by atoms with Crippen molar-refractivity contribution in [2.45, 2.75) is 31.3 Å². The van der Waals surface area contributed by atoms with Gasteiger partial charge in [0.25, 0.3) is 0 Å². The summed E-state index contributed by atoms with van der Waals surface area (Å²) < 4.78 is 0. The lowest BCUT2D eigenvalue weighted by Gasteiger charge is -2.13. The van der Waals surface area contributed by atoms with Crippen molar-refractivity contribution in [3.05, 3.63) is 70.2 Å². The van der Waals surface area contributed by atoms with Gasteiger partial charge in [0.05, 0.1) is 6.10 Å². The van der Waals surface area contributed by atoms with E-state index in [-0.39, 0.29) is 0 Å². The molecule has 98 valence electrons. The van der Waals surface area contributed by atoms with Gasteiger partial charge in [-0.3, -0.25) is 0 Å². The molecule has 1 aliphatic carbocycles. The topological polar surface area (TPSA) is 20.2 Å². The average molecular weight is 273 g/mol. The summed E-state index contributed by atoms with van der Waals surface area (Å²) in [6.07, 6.45) is 2.64. The van der Waals surface area contributed by atoms with Crippen LogP contribution in [-0.4, -0.2) is 5.11 Å². The highest BCUT2D eigenvalue weighted by Gasteiger charge is 2.24. The van der Waals surface area contributed by atoms with Crippen molar-refractivity contribution >= 4 is 11.6 Å². The molecule has 0 saturated heterocycles. The van der Waals surface area contributed by atoms with E-state index in [0.717, 1.165) is 16.1 Å². The zero-order chi connectivity index (χ0) is 13.2. The SMILES string of the molecule is OC(Cc1ccccc1Cl)c1cccc(C2CC2)c1. The maximum Gasteiger partial charge on any atom is 0.0831 e. The Balaban J connectivity index is 1.78. The summed E-state index contributed by atoms with van der Waals surface area (Å²) >= 11 is 6.14. The van der Waals surface area contributed by atoms with Crippen molar-refractivity contribution in [3.8, 4) is 0 Å². The zero-order valence-corrected chi connectivity index (χ0v) is 11.5. The summed E-state index contributed by atoms with van der Waals surface area (Å²) in [5.41, 5.74) is 3.34. The Labute approximate surface area is 118 Å². The van der Waals surface area contributed by atoms with Crippen LogP contribution < -0.4 is 0 Å². The Hall–Kier alpha value is -1.31. The van der Waals surface area contributed by atoms with Crippen molar-refractivity contribution in [1.82, 2.24) is 0 Å². The predicted octanol–water partition coefficient (Wildman–Crippen LogP) is 4.49. The second-order valence-corrected chi connectivity index (χ2v) is 5.66. The molecule has 1 unspecified atom stereocenters. The number of aliphatic hydroxyl groups excluding tert-OH is 1. The van der Waals surface area contributed by atoms with Gasteiger partial charge in [-0.1, -0.05) is 54.1 Å². The van der Waals surface area contributed by atoms with Gasteiger partial charge in [-0.2, -0.15) is 0 Å². The molecule has 2 heteroatoms. The van der Waals surface area contributed by atoms with Crippen LogP contribution in [0.4, 0.5) is 0 Å². The summed E-state index contributed by atoms with van der Waals surface area (Å²) in [5.74, 6) is 0.715. The van der Waals surface area contributed by atoms with Crippen LogP contribution >= 0.6 is 11.6 Å². The van der Waals surface area contributed by atoms with Gasteiger partial charge in [0.1, 0.15) is 0 Å². The van der Waals surface area contributed by atoms with Crippen molar-refractivity contribution in [1.29, 1.82) is 0 Å². The molecule has 2 aromatic carbocycles. The second-order valence-electron chi connectivity index (χ2n) is 5.26. The van der Waals surface area contributed by atoms with Gasteiger partial charge in [-0.05, 0) is 41.5 Å². The van der Waals surface area contributed by atoms with Crippen LogP contribution in [0.3, 0.4) is 0 Å². The van der Waals surface area contributed by atoms with Crippen molar-refractivity contribution in [2.75, 3.05) is 0 Å². The first-order valence-corrected chi connectivity index (χ1v) is 7.13. The normalized spacial score (nSPS) is 16.3. The fourth-order valence-corrected chi connectivity index (χ4v) is 2.64. The standard InChI is InChI=1S/C17H17ClO/c18-16-7-2-1-4-14(16)11-17(19)15-6-3-5-13(10-15)12-8-9-12/h1-7,10,12,17,19H,8-9,11H2. The number of hydrogen-bond acceptors (Lipinski definition) is 1. The number of aliphatic hydroxyl groups is 1. The maximum absolute atomic E-state index is 10.4. The van der Waals surface area contributed by atoms with E-state index >= 15 is 0 Å². The molecule has 0 spiro atoms. The van der Waals surface area contributed by atoms with Crippen LogP contribution in [0.5, 0.6) is 0 Å². The Morgan fingerprint density at radius 3 is 2.63 bits per heavy atom. The molecule has 1 saturated carbocycles. The molecule has 3 rings (SSSR count). The molecule has 0 aromatic heterocycles. The van der Waals surface area contributed by atoms with E-state index in [4.69, 9.17) is 11.6 Å². The van der Waals surface area contributed by atoms with E-state index in [1.165, 1.54) is 18.4 Å². The lowest BCUT2D eigenvalue weighted by molar-refractivity contribution is 0.178. The van der Waals surface area contributed by atoms with E-state index in [9.17, 15) is 5.11 Å². The third-order valence-corrected chi connectivity index (χ3v) is 4.08. The van der Waals surface area contributed by atoms with Crippen LogP contribution in [0.2, 0.25) is 5.02 Å². The third kappa shape index (κ3) is 2.99. The Kier molecular flexibility index (Phi) is 3.58. The largest absolute Gasteiger partial charge is 0.388 e. The lowest BCUT2D eigenvalue weighted by atomic mass is 9.98. The van der Waals surface area contributed by atoms with Crippen molar-refractivity contribution < 1.29 is 5.11 Å². The van der Waals surface area contributed by atoms with Gasteiger partial charge in [-0.25, -0.2) is 0 Å². The van der Waals surface area contributed by atoms with E-state index < -0.39 is 6.10 Å². The first-order chi connectivity index (χ1) is 9.24. The van der Waals surface area contributed by atoms with Crippen LogP contribution in [0, 0.1) is 0 Å². The number of halogens is 1. The van der Waals surface area contributed by atoms with Gasteiger partial charge in [-0.15, -0.1) is 0 Å². The van der Waals surface area contributed by atoms with E-state index in [1.807, 2.05) is 36.4 Å². The molecule has 1 aliphatic rings. The Morgan fingerprint density at radius 1 is 1.11 bits per heavy atom.